The van der Waals surface area contributed by atoms with E-state index in [4.69, 9.17) is 0 Å². The molecule has 19 heavy (non-hydrogen) atoms. The molecule has 0 aromatic heterocycles. The first-order valence-electron chi connectivity index (χ1n) is 6.33. The smallest absolute Gasteiger partial charge is 0.209 e. The fourth-order valence-electron chi connectivity index (χ4n) is 1.97. The minimum Gasteiger partial charge on any atom is -0.355 e. The average Bonchev–Trinajstić information content (AvgIpc) is 2.73. The van der Waals surface area contributed by atoms with Gasteiger partial charge in [-0.3, -0.25) is 4.99 Å². The van der Waals surface area contributed by atoms with E-state index in [0.29, 0.717) is 18.5 Å². The summed E-state index contributed by atoms with van der Waals surface area (Å²) in [4.78, 5) is 4.14. The molecule has 7 heteroatoms. The molecule has 0 aliphatic heterocycles. The summed E-state index contributed by atoms with van der Waals surface area (Å²) < 4.78 is 25.1. The quantitative estimate of drug-likeness (QED) is 0.383. The van der Waals surface area contributed by atoms with Crippen LogP contribution in [0.25, 0.3) is 0 Å². The Labute approximate surface area is 115 Å². The van der Waals surface area contributed by atoms with Gasteiger partial charge >= 0.3 is 0 Å². The Kier molecular flexibility index (Phi) is 5.37. The average molecular weight is 288 g/mol. The van der Waals surface area contributed by atoms with Crippen LogP contribution in [0.1, 0.15) is 26.7 Å². The number of hydrogen-bond acceptors (Lipinski definition) is 3. The Bertz CT molecular complexity index is 446. The van der Waals surface area contributed by atoms with Crippen LogP contribution >= 0.6 is 0 Å². The maximum absolute atomic E-state index is 11.2. The Hall–Kier alpha value is -1.08. The zero-order chi connectivity index (χ0) is 14.5. The van der Waals surface area contributed by atoms with Gasteiger partial charge in [-0.2, -0.15) is 0 Å². The minimum absolute atomic E-state index is 0.372. The SMILES string of the molecule is CN=C(NCC(C)(C)NS(C)(=O)=O)NC1CC=CC1. The van der Waals surface area contributed by atoms with Crippen molar-refractivity contribution in [3.8, 4) is 0 Å². The zero-order valence-electron chi connectivity index (χ0n) is 12.0. The fraction of sp³-hybridized carbons (Fsp3) is 0.750. The number of aliphatic imine (C=N–C) groups is 1. The maximum Gasteiger partial charge on any atom is 0.209 e. The van der Waals surface area contributed by atoms with Gasteiger partial charge in [0.2, 0.25) is 10.0 Å². The lowest BCUT2D eigenvalue weighted by Crippen LogP contribution is -2.53. The van der Waals surface area contributed by atoms with E-state index in [1.165, 1.54) is 0 Å². The van der Waals surface area contributed by atoms with E-state index in [1.54, 1.807) is 7.05 Å². The topological polar surface area (TPSA) is 82.6 Å². The van der Waals surface area contributed by atoms with Crippen LogP contribution in [0.4, 0.5) is 0 Å². The van der Waals surface area contributed by atoms with Gasteiger partial charge < -0.3 is 10.6 Å². The molecule has 110 valence electrons. The van der Waals surface area contributed by atoms with Gasteiger partial charge in [0.1, 0.15) is 0 Å². The van der Waals surface area contributed by atoms with Crippen molar-refractivity contribution < 1.29 is 8.42 Å². The molecule has 1 rings (SSSR count). The van der Waals surface area contributed by atoms with Gasteiger partial charge in [0.15, 0.2) is 5.96 Å². The monoisotopic (exact) mass is 288 g/mol. The second kappa shape index (κ2) is 6.38. The first kappa shape index (κ1) is 16.0. The molecular formula is C12H24N4O2S. The van der Waals surface area contributed by atoms with Gasteiger partial charge in [0, 0.05) is 25.2 Å². The lowest BCUT2D eigenvalue weighted by molar-refractivity contribution is 0.445. The number of nitrogens with zero attached hydrogens (tertiary/aromatic N) is 1. The highest BCUT2D eigenvalue weighted by atomic mass is 32.2. The van der Waals surface area contributed by atoms with Crippen LogP contribution in [0.15, 0.2) is 17.1 Å². The molecular weight excluding hydrogens is 264 g/mol. The molecule has 0 amide bonds. The third kappa shape index (κ3) is 6.58. The summed E-state index contributed by atoms with van der Waals surface area (Å²) in [7, 11) is -1.52. The van der Waals surface area contributed by atoms with E-state index >= 15 is 0 Å². The van der Waals surface area contributed by atoms with Crippen LogP contribution in [0.3, 0.4) is 0 Å². The molecule has 0 heterocycles. The Morgan fingerprint density at radius 2 is 1.95 bits per heavy atom. The van der Waals surface area contributed by atoms with Crippen molar-refractivity contribution in [1.82, 2.24) is 15.4 Å². The molecule has 1 aliphatic carbocycles. The third-order valence-electron chi connectivity index (χ3n) is 2.73. The van der Waals surface area contributed by atoms with Crippen molar-refractivity contribution in [2.75, 3.05) is 19.8 Å². The van der Waals surface area contributed by atoms with E-state index in [1.807, 2.05) is 13.8 Å². The van der Waals surface area contributed by atoms with Crippen LogP contribution in [0, 0.1) is 0 Å². The Morgan fingerprint density at radius 1 is 1.37 bits per heavy atom. The van der Waals surface area contributed by atoms with Gasteiger partial charge in [-0.05, 0) is 26.7 Å². The molecule has 0 aromatic rings. The van der Waals surface area contributed by atoms with Gasteiger partial charge in [-0.15, -0.1) is 0 Å². The van der Waals surface area contributed by atoms with Crippen molar-refractivity contribution in [3.63, 3.8) is 0 Å². The molecule has 1 aliphatic rings. The van der Waals surface area contributed by atoms with Crippen LogP contribution in [-0.2, 0) is 10.0 Å². The van der Waals surface area contributed by atoms with Gasteiger partial charge in [-0.1, -0.05) is 12.2 Å². The van der Waals surface area contributed by atoms with E-state index < -0.39 is 15.6 Å². The molecule has 0 spiro atoms. The highest BCUT2D eigenvalue weighted by molar-refractivity contribution is 7.88. The maximum atomic E-state index is 11.2. The first-order valence-corrected chi connectivity index (χ1v) is 8.22. The second-order valence-electron chi connectivity index (χ2n) is 5.47. The van der Waals surface area contributed by atoms with Crippen molar-refractivity contribution >= 4 is 16.0 Å². The molecule has 0 bridgehead atoms. The molecule has 0 radical (unpaired) electrons. The van der Waals surface area contributed by atoms with Crippen molar-refractivity contribution in [3.05, 3.63) is 12.2 Å². The highest BCUT2D eigenvalue weighted by Crippen LogP contribution is 2.08. The zero-order valence-corrected chi connectivity index (χ0v) is 12.8. The number of rotatable bonds is 5. The molecule has 0 unspecified atom stereocenters. The van der Waals surface area contributed by atoms with Crippen molar-refractivity contribution in [2.24, 2.45) is 4.99 Å². The number of guanidine groups is 1. The standard InChI is InChI=1S/C12H24N4O2S/c1-12(2,16-19(4,17)18)9-14-11(13-3)15-10-7-5-6-8-10/h5-6,10,16H,7-9H2,1-4H3,(H2,13,14,15). The minimum atomic E-state index is -3.22. The van der Waals surface area contributed by atoms with Gasteiger partial charge in [0.25, 0.3) is 0 Å². The number of sulfonamides is 1. The summed E-state index contributed by atoms with van der Waals surface area (Å²) in [5.74, 6) is 0.692. The fourth-order valence-corrected chi connectivity index (χ4v) is 3.04. The normalized spacial score (nSPS) is 17.8. The lowest BCUT2D eigenvalue weighted by atomic mass is 10.1. The van der Waals surface area contributed by atoms with Gasteiger partial charge in [0.05, 0.1) is 6.26 Å². The summed E-state index contributed by atoms with van der Waals surface area (Å²) >= 11 is 0. The highest BCUT2D eigenvalue weighted by Gasteiger charge is 2.22. The summed E-state index contributed by atoms with van der Waals surface area (Å²) in [5, 5.41) is 6.44. The van der Waals surface area contributed by atoms with Crippen LogP contribution in [0.5, 0.6) is 0 Å². The molecule has 0 fully saturated rings. The first-order chi connectivity index (χ1) is 8.72. The van der Waals surface area contributed by atoms with Crippen molar-refractivity contribution in [1.29, 1.82) is 0 Å². The lowest BCUT2D eigenvalue weighted by Gasteiger charge is -2.27. The van der Waals surface area contributed by atoms with E-state index in [0.717, 1.165) is 19.1 Å². The Morgan fingerprint density at radius 3 is 2.42 bits per heavy atom. The molecule has 0 saturated carbocycles. The summed E-state index contributed by atoms with van der Waals surface area (Å²) in [5.41, 5.74) is -0.570. The molecule has 0 saturated heterocycles. The largest absolute Gasteiger partial charge is 0.355 e. The molecule has 6 nitrogen and oxygen atoms in total. The van der Waals surface area contributed by atoms with E-state index in [-0.39, 0.29) is 0 Å². The second-order valence-corrected chi connectivity index (χ2v) is 7.22. The predicted molar refractivity (Wildman–Crippen MR) is 78.7 cm³/mol. The number of nitrogens with one attached hydrogen (secondary N) is 3. The molecule has 0 atom stereocenters. The van der Waals surface area contributed by atoms with Crippen LogP contribution in [0.2, 0.25) is 0 Å². The van der Waals surface area contributed by atoms with Gasteiger partial charge in [-0.25, -0.2) is 13.1 Å². The molecule has 0 aromatic carbocycles. The third-order valence-corrected chi connectivity index (χ3v) is 3.66. The number of hydrogen-bond donors (Lipinski definition) is 3. The Balaban J connectivity index is 2.44. The van der Waals surface area contributed by atoms with Crippen molar-refractivity contribution in [2.45, 2.75) is 38.3 Å². The van der Waals surface area contributed by atoms with E-state index in [9.17, 15) is 8.42 Å². The predicted octanol–water partition coefficient (Wildman–Crippen LogP) is 0.198. The molecule has 3 N–H and O–H groups in total. The summed E-state index contributed by atoms with van der Waals surface area (Å²) in [6.07, 6.45) is 7.42. The summed E-state index contributed by atoms with van der Waals surface area (Å²) in [6.45, 7) is 4.11. The van der Waals surface area contributed by atoms with Crippen LogP contribution in [-0.4, -0.2) is 45.8 Å². The van der Waals surface area contributed by atoms with E-state index in [2.05, 4.69) is 32.5 Å². The van der Waals surface area contributed by atoms with Crippen LogP contribution < -0.4 is 15.4 Å². The summed E-state index contributed by atoms with van der Waals surface area (Å²) in [6, 6.07) is 0.372.